The molecule has 4 heteroatoms. The lowest BCUT2D eigenvalue weighted by Crippen LogP contribution is -2.48. The predicted molar refractivity (Wildman–Crippen MR) is 43.8 cm³/mol. The van der Waals surface area contributed by atoms with Crippen molar-refractivity contribution < 1.29 is 9.53 Å². The number of alkyl halides is 2. The summed E-state index contributed by atoms with van der Waals surface area (Å²) in [7, 11) is 0. The van der Waals surface area contributed by atoms with Crippen molar-refractivity contribution in [2.24, 2.45) is 5.92 Å². The maximum atomic E-state index is 10.4. The number of rotatable bonds is 2. The van der Waals surface area contributed by atoms with Crippen molar-refractivity contribution in [2.45, 2.75) is 30.7 Å². The second-order valence-corrected chi connectivity index (χ2v) is 4.46. The number of carbonyl (C=O) groups is 1. The maximum absolute atomic E-state index is 10.4. The highest BCUT2D eigenvalue weighted by atomic mass is 35.5. The van der Waals surface area contributed by atoms with Crippen LogP contribution in [-0.4, -0.2) is 16.4 Å². The van der Waals surface area contributed by atoms with E-state index in [1.807, 2.05) is 13.8 Å². The van der Waals surface area contributed by atoms with Gasteiger partial charge in [0.15, 0.2) is 4.33 Å². The van der Waals surface area contributed by atoms with Gasteiger partial charge in [-0.1, -0.05) is 37.0 Å². The third-order valence-electron chi connectivity index (χ3n) is 1.82. The molecule has 0 bridgehead atoms. The number of esters is 1. The number of ether oxygens (including phenoxy) is 1. The summed E-state index contributed by atoms with van der Waals surface area (Å²) in [4.78, 5) is 10.4. The largest absolute Gasteiger partial charge is 0.458 e. The van der Waals surface area contributed by atoms with Gasteiger partial charge in [0.05, 0.1) is 6.42 Å². The summed E-state index contributed by atoms with van der Waals surface area (Å²) in [5.74, 6) is -0.134. The van der Waals surface area contributed by atoms with E-state index in [2.05, 4.69) is 0 Å². The molecule has 1 aliphatic heterocycles. The molecule has 0 aromatic carbocycles. The Morgan fingerprint density at radius 2 is 2.09 bits per heavy atom. The third-order valence-corrected chi connectivity index (χ3v) is 3.18. The molecule has 0 aromatic heterocycles. The van der Waals surface area contributed by atoms with Crippen LogP contribution >= 0.6 is 23.2 Å². The van der Waals surface area contributed by atoms with E-state index in [1.165, 1.54) is 0 Å². The smallest absolute Gasteiger partial charge is 0.310 e. The molecule has 0 spiro atoms. The van der Waals surface area contributed by atoms with Crippen molar-refractivity contribution in [1.29, 1.82) is 0 Å². The number of carbonyl (C=O) groups excluding carboxylic acids is 1. The molecule has 0 N–H and O–H groups in total. The maximum Gasteiger partial charge on any atom is 0.310 e. The molecular formula is C7H10Cl2O2. The van der Waals surface area contributed by atoms with Crippen molar-refractivity contribution in [3.63, 3.8) is 0 Å². The number of hydrogen-bond acceptors (Lipinski definition) is 2. The SMILES string of the molecule is CC(C)C(Cl)(Cl)[C@@H]1CC(=O)O1. The molecule has 0 aliphatic carbocycles. The summed E-state index contributed by atoms with van der Waals surface area (Å²) in [6.45, 7) is 3.79. The average molecular weight is 197 g/mol. The van der Waals surface area contributed by atoms with E-state index < -0.39 is 4.33 Å². The fraction of sp³-hybridized carbons (Fsp3) is 0.857. The minimum Gasteiger partial charge on any atom is -0.458 e. The minimum atomic E-state index is -0.923. The van der Waals surface area contributed by atoms with Gasteiger partial charge < -0.3 is 4.74 Å². The molecule has 1 heterocycles. The Bertz CT molecular complexity index is 169. The van der Waals surface area contributed by atoms with Gasteiger partial charge in [-0.2, -0.15) is 0 Å². The fourth-order valence-electron chi connectivity index (χ4n) is 0.887. The molecule has 1 atom stereocenters. The summed E-state index contributed by atoms with van der Waals surface area (Å²) in [5.41, 5.74) is 0. The molecule has 64 valence electrons. The predicted octanol–water partition coefficient (Wildman–Crippen LogP) is 2.13. The lowest BCUT2D eigenvalue weighted by Gasteiger charge is -2.37. The molecule has 0 amide bonds. The van der Waals surface area contributed by atoms with Crippen LogP contribution in [0.3, 0.4) is 0 Å². The molecule has 0 aromatic rings. The van der Waals surface area contributed by atoms with E-state index in [4.69, 9.17) is 27.9 Å². The highest BCUT2D eigenvalue weighted by molar-refractivity contribution is 6.49. The Morgan fingerprint density at radius 1 is 1.64 bits per heavy atom. The molecule has 0 unspecified atom stereocenters. The van der Waals surface area contributed by atoms with Crippen molar-refractivity contribution in [2.75, 3.05) is 0 Å². The Hall–Kier alpha value is 0.0500. The van der Waals surface area contributed by atoms with Crippen molar-refractivity contribution in [3.8, 4) is 0 Å². The Balaban J connectivity index is 2.53. The van der Waals surface area contributed by atoms with Crippen LogP contribution in [0.4, 0.5) is 0 Å². The van der Waals surface area contributed by atoms with Crippen LogP contribution in [0, 0.1) is 5.92 Å². The van der Waals surface area contributed by atoms with Gasteiger partial charge in [-0.3, -0.25) is 4.79 Å². The first-order valence-corrected chi connectivity index (χ1v) is 4.27. The highest BCUT2D eigenvalue weighted by Crippen LogP contribution is 2.40. The number of hydrogen-bond donors (Lipinski definition) is 0. The summed E-state index contributed by atoms with van der Waals surface area (Å²) in [6, 6.07) is 0. The average Bonchev–Trinajstić information content (AvgIpc) is 1.80. The van der Waals surface area contributed by atoms with Crippen molar-refractivity contribution >= 4 is 29.2 Å². The quantitative estimate of drug-likeness (QED) is 0.500. The lowest BCUT2D eigenvalue weighted by atomic mass is 9.99. The van der Waals surface area contributed by atoms with Gasteiger partial charge in [0.1, 0.15) is 6.10 Å². The second kappa shape index (κ2) is 2.83. The van der Waals surface area contributed by atoms with E-state index in [0.717, 1.165) is 0 Å². The summed E-state index contributed by atoms with van der Waals surface area (Å²) in [5, 5.41) is 0. The molecular weight excluding hydrogens is 187 g/mol. The van der Waals surface area contributed by atoms with Crippen LogP contribution in [0.5, 0.6) is 0 Å². The molecule has 0 radical (unpaired) electrons. The highest BCUT2D eigenvalue weighted by Gasteiger charge is 2.47. The van der Waals surface area contributed by atoms with Crippen LogP contribution < -0.4 is 0 Å². The van der Waals surface area contributed by atoms with Gasteiger partial charge in [-0.15, -0.1) is 0 Å². The number of halogens is 2. The first-order valence-electron chi connectivity index (χ1n) is 3.52. The topological polar surface area (TPSA) is 26.3 Å². The molecule has 0 saturated carbocycles. The molecule has 1 saturated heterocycles. The molecule has 11 heavy (non-hydrogen) atoms. The minimum absolute atomic E-state index is 0.0870. The summed E-state index contributed by atoms with van der Waals surface area (Å²) >= 11 is 11.9. The Labute approximate surface area is 75.8 Å². The first-order chi connectivity index (χ1) is 4.94. The standard InChI is InChI=1S/C7H10Cl2O2/c1-4(2)7(8,9)5-3-6(10)11-5/h4-5H,3H2,1-2H3/t5-/m0/s1. The van der Waals surface area contributed by atoms with E-state index >= 15 is 0 Å². The van der Waals surface area contributed by atoms with Crippen LogP contribution in [0.1, 0.15) is 20.3 Å². The molecule has 1 aliphatic rings. The monoisotopic (exact) mass is 196 g/mol. The van der Waals surface area contributed by atoms with E-state index in [9.17, 15) is 4.79 Å². The molecule has 2 nitrogen and oxygen atoms in total. The van der Waals surface area contributed by atoms with Crippen molar-refractivity contribution in [3.05, 3.63) is 0 Å². The van der Waals surface area contributed by atoms with Crippen LogP contribution in [-0.2, 0) is 9.53 Å². The van der Waals surface area contributed by atoms with E-state index in [0.29, 0.717) is 6.42 Å². The van der Waals surface area contributed by atoms with Gasteiger partial charge in [0, 0.05) is 0 Å². The van der Waals surface area contributed by atoms with E-state index in [1.54, 1.807) is 0 Å². The summed E-state index contributed by atoms with van der Waals surface area (Å²) in [6.07, 6.45) is 0.0175. The number of cyclic esters (lactones) is 1. The molecule has 1 fully saturated rings. The fourth-order valence-corrected chi connectivity index (χ4v) is 1.13. The Kier molecular flexibility index (Phi) is 2.35. The second-order valence-electron chi connectivity index (χ2n) is 3.01. The van der Waals surface area contributed by atoms with Gasteiger partial charge in [-0.25, -0.2) is 0 Å². The molecule has 1 rings (SSSR count). The third kappa shape index (κ3) is 1.62. The Morgan fingerprint density at radius 3 is 2.36 bits per heavy atom. The van der Waals surface area contributed by atoms with Gasteiger partial charge in [0.2, 0.25) is 0 Å². The lowest BCUT2D eigenvalue weighted by molar-refractivity contribution is -0.171. The van der Waals surface area contributed by atoms with Gasteiger partial charge in [-0.05, 0) is 5.92 Å². The normalized spacial score (nSPS) is 24.8. The van der Waals surface area contributed by atoms with Crippen LogP contribution in [0.2, 0.25) is 0 Å². The zero-order chi connectivity index (χ0) is 8.65. The zero-order valence-corrected chi connectivity index (χ0v) is 7.95. The zero-order valence-electron chi connectivity index (χ0n) is 6.43. The first kappa shape index (κ1) is 9.14. The van der Waals surface area contributed by atoms with E-state index in [-0.39, 0.29) is 18.0 Å². The summed E-state index contributed by atoms with van der Waals surface area (Å²) < 4.78 is 3.84. The van der Waals surface area contributed by atoms with Crippen LogP contribution in [0.15, 0.2) is 0 Å². The van der Waals surface area contributed by atoms with Gasteiger partial charge in [0.25, 0.3) is 0 Å². The van der Waals surface area contributed by atoms with Crippen LogP contribution in [0.25, 0.3) is 0 Å². The van der Waals surface area contributed by atoms with Crippen molar-refractivity contribution in [1.82, 2.24) is 0 Å². The van der Waals surface area contributed by atoms with Gasteiger partial charge >= 0.3 is 5.97 Å².